The van der Waals surface area contributed by atoms with Crippen molar-refractivity contribution in [3.05, 3.63) is 143 Å². The third-order valence-corrected chi connectivity index (χ3v) is 7.06. The van der Waals surface area contributed by atoms with Crippen molar-refractivity contribution in [3.8, 4) is 22.3 Å². The van der Waals surface area contributed by atoms with Crippen LogP contribution < -0.4 is 0 Å². The Balaban J connectivity index is 1.70. The number of rotatable bonds is 3. The molecule has 0 bridgehead atoms. The lowest BCUT2D eigenvalue weighted by Gasteiger charge is -2.35. The van der Waals surface area contributed by atoms with Crippen molar-refractivity contribution in [1.29, 1.82) is 0 Å². The summed E-state index contributed by atoms with van der Waals surface area (Å²) in [5.41, 5.74) is 11.8. The van der Waals surface area contributed by atoms with Gasteiger partial charge in [-0.3, -0.25) is 0 Å². The second-order valence-electron chi connectivity index (χ2n) is 8.93. The van der Waals surface area contributed by atoms with Crippen molar-refractivity contribution < 1.29 is 0 Å². The van der Waals surface area contributed by atoms with Crippen LogP contribution in [-0.4, -0.2) is 0 Å². The zero-order valence-corrected chi connectivity index (χ0v) is 18.4. The van der Waals surface area contributed by atoms with Crippen molar-refractivity contribution >= 4 is 0 Å². The lowest BCUT2D eigenvalue weighted by molar-refractivity contribution is 0.752. The van der Waals surface area contributed by atoms with Gasteiger partial charge in [-0.05, 0) is 70.3 Å². The Morgan fingerprint density at radius 3 is 2.12 bits per heavy atom. The highest BCUT2D eigenvalue weighted by molar-refractivity contribution is 5.88. The van der Waals surface area contributed by atoms with Gasteiger partial charge in [0.25, 0.3) is 0 Å². The SMILES string of the molecule is Cc1ccc(-c2ccc3c(c2)C(C2=CCCC=C2)(c2ccccc2)c2ccccc2-3)cc1. The van der Waals surface area contributed by atoms with Crippen LogP contribution in [0.1, 0.15) is 35.1 Å². The minimum Gasteiger partial charge on any atom is -0.0839 e. The molecule has 2 aliphatic carbocycles. The molecular weight excluding hydrogens is 384 g/mol. The zero-order chi connectivity index (χ0) is 21.5. The lowest BCUT2D eigenvalue weighted by atomic mass is 9.66. The van der Waals surface area contributed by atoms with Crippen LogP contribution in [0.4, 0.5) is 0 Å². The molecule has 1 atom stereocenters. The van der Waals surface area contributed by atoms with E-state index in [0.717, 1.165) is 12.8 Å². The van der Waals surface area contributed by atoms with Crippen LogP contribution in [0.2, 0.25) is 0 Å². The molecule has 0 heterocycles. The number of benzene rings is 4. The maximum Gasteiger partial charge on any atom is 0.0710 e. The van der Waals surface area contributed by atoms with Crippen LogP contribution in [0, 0.1) is 6.92 Å². The fourth-order valence-electron chi connectivity index (χ4n) is 5.57. The van der Waals surface area contributed by atoms with Crippen molar-refractivity contribution in [2.75, 3.05) is 0 Å². The quantitative estimate of drug-likeness (QED) is 0.319. The Hall–Kier alpha value is -3.64. The standard InChI is InChI=1S/C32H26/c1-23-16-18-24(19-17-23)25-20-21-29-28-14-8-9-15-30(28)32(31(29)22-25,26-10-4-2-5-11-26)27-12-6-3-7-13-27/h2,4-6,8-22H,3,7H2,1H3. The van der Waals surface area contributed by atoms with E-state index in [4.69, 9.17) is 0 Å². The van der Waals surface area contributed by atoms with Gasteiger partial charge in [-0.25, -0.2) is 0 Å². The molecular formula is C32H26. The van der Waals surface area contributed by atoms with Crippen molar-refractivity contribution in [3.63, 3.8) is 0 Å². The number of hydrogen-bond donors (Lipinski definition) is 0. The third kappa shape index (κ3) is 2.76. The number of allylic oxidation sites excluding steroid dienone is 4. The monoisotopic (exact) mass is 410 g/mol. The van der Waals surface area contributed by atoms with E-state index in [9.17, 15) is 0 Å². The minimum absolute atomic E-state index is 0.287. The van der Waals surface area contributed by atoms with Gasteiger partial charge in [0, 0.05) is 0 Å². The van der Waals surface area contributed by atoms with E-state index in [1.807, 2.05) is 0 Å². The molecule has 0 spiro atoms. The van der Waals surface area contributed by atoms with Gasteiger partial charge < -0.3 is 0 Å². The highest BCUT2D eigenvalue weighted by Gasteiger charge is 2.46. The molecule has 4 aromatic rings. The Bertz CT molecular complexity index is 1350. The molecule has 4 aromatic carbocycles. The van der Waals surface area contributed by atoms with Crippen LogP contribution in [0.3, 0.4) is 0 Å². The Labute approximate surface area is 190 Å². The summed E-state index contributed by atoms with van der Waals surface area (Å²) < 4.78 is 0. The highest BCUT2D eigenvalue weighted by Crippen LogP contribution is 2.57. The molecule has 0 amide bonds. The second-order valence-corrected chi connectivity index (χ2v) is 8.93. The van der Waals surface area contributed by atoms with Gasteiger partial charge in [0.05, 0.1) is 5.41 Å². The molecule has 0 saturated carbocycles. The van der Waals surface area contributed by atoms with Gasteiger partial charge in [-0.15, -0.1) is 0 Å². The zero-order valence-electron chi connectivity index (χ0n) is 18.4. The molecule has 0 saturated heterocycles. The number of fused-ring (bicyclic) bond motifs is 3. The van der Waals surface area contributed by atoms with Gasteiger partial charge >= 0.3 is 0 Å². The summed E-state index contributed by atoms with van der Waals surface area (Å²) in [5, 5.41) is 0. The van der Waals surface area contributed by atoms with Crippen molar-refractivity contribution in [1.82, 2.24) is 0 Å². The molecule has 0 N–H and O–H groups in total. The van der Waals surface area contributed by atoms with Gasteiger partial charge in [-0.1, -0.05) is 115 Å². The molecule has 0 aliphatic heterocycles. The van der Waals surface area contributed by atoms with E-state index in [-0.39, 0.29) is 5.41 Å². The molecule has 2 aliphatic rings. The first-order valence-corrected chi connectivity index (χ1v) is 11.5. The fraction of sp³-hybridized carbons (Fsp3) is 0.125. The smallest absolute Gasteiger partial charge is 0.0710 e. The average Bonchev–Trinajstić information content (AvgIpc) is 3.16. The average molecular weight is 411 g/mol. The van der Waals surface area contributed by atoms with Crippen LogP contribution in [0.25, 0.3) is 22.3 Å². The van der Waals surface area contributed by atoms with E-state index in [1.54, 1.807) is 0 Å². The van der Waals surface area contributed by atoms with E-state index in [2.05, 4.69) is 122 Å². The second kappa shape index (κ2) is 7.50. The Morgan fingerprint density at radius 2 is 1.34 bits per heavy atom. The van der Waals surface area contributed by atoms with E-state index >= 15 is 0 Å². The fourth-order valence-corrected chi connectivity index (χ4v) is 5.57. The third-order valence-electron chi connectivity index (χ3n) is 7.06. The molecule has 0 fully saturated rings. The molecule has 32 heavy (non-hydrogen) atoms. The summed E-state index contributed by atoms with van der Waals surface area (Å²) in [6.07, 6.45) is 9.37. The summed E-state index contributed by atoms with van der Waals surface area (Å²) in [6.45, 7) is 2.14. The number of hydrogen-bond acceptors (Lipinski definition) is 0. The van der Waals surface area contributed by atoms with E-state index < -0.39 is 0 Å². The Kier molecular flexibility index (Phi) is 4.47. The lowest BCUT2D eigenvalue weighted by Crippen LogP contribution is -2.29. The minimum atomic E-state index is -0.287. The summed E-state index contributed by atoms with van der Waals surface area (Å²) >= 11 is 0. The van der Waals surface area contributed by atoms with Crippen molar-refractivity contribution in [2.24, 2.45) is 0 Å². The molecule has 0 heteroatoms. The van der Waals surface area contributed by atoms with E-state index in [0.29, 0.717) is 0 Å². The predicted molar refractivity (Wildman–Crippen MR) is 135 cm³/mol. The van der Waals surface area contributed by atoms with Gasteiger partial charge in [0.2, 0.25) is 0 Å². The highest BCUT2D eigenvalue weighted by atomic mass is 14.5. The van der Waals surface area contributed by atoms with Crippen LogP contribution >= 0.6 is 0 Å². The largest absolute Gasteiger partial charge is 0.0839 e. The van der Waals surface area contributed by atoms with Crippen LogP contribution in [0.15, 0.2) is 121 Å². The first-order chi connectivity index (χ1) is 15.8. The van der Waals surface area contributed by atoms with Crippen LogP contribution in [0.5, 0.6) is 0 Å². The molecule has 1 unspecified atom stereocenters. The number of aryl methyl sites for hydroxylation is 1. The summed E-state index contributed by atoms with van der Waals surface area (Å²) in [7, 11) is 0. The molecule has 0 radical (unpaired) electrons. The van der Waals surface area contributed by atoms with Crippen LogP contribution in [-0.2, 0) is 5.41 Å². The summed E-state index contributed by atoms with van der Waals surface area (Å²) in [5.74, 6) is 0. The van der Waals surface area contributed by atoms with E-state index in [1.165, 1.54) is 50.1 Å². The summed E-state index contributed by atoms with van der Waals surface area (Å²) in [6, 6.07) is 36.0. The molecule has 0 nitrogen and oxygen atoms in total. The predicted octanol–water partition coefficient (Wildman–Crippen LogP) is 8.25. The topological polar surface area (TPSA) is 0 Å². The van der Waals surface area contributed by atoms with Gasteiger partial charge in [-0.2, -0.15) is 0 Å². The first kappa shape index (κ1) is 19.1. The molecule has 0 aromatic heterocycles. The van der Waals surface area contributed by atoms with Gasteiger partial charge in [0.15, 0.2) is 0 Å². The molecule has 6 rings (SSSR count). The normalized spacial score (nSPS) is 18.7. The summed E-state index contributed by atoms with van der Waals surface area (Å²) in [4.78, 5) is 0. The Morgan fingerprint density at radius 1 is 0.625 bits per heavy atom. The van der Waals surface area contributed by atoms with Gasteiger partial charge in [0.1, 0.15) is 0 Å². The maximum atomic E-state index is 2.46. The first-order valence-electron chi connectivity index (χ1n) is 11.5. The van der Waals surface area contributed by atoms with Crippen molar-refractivity contribution in [2.45, 2.75) is 25.2 Å². The molecule has 154 valence electrons. The maximum absolute atomic E-state index is 2.46.